The SMILES string of the molecule is O=C(C1=CCCC1)N1CCCC(C2NNCC2c2ccc(F)c(F)c2)C1. The van der Waals surface area contributed by atoms with E-state index in [2.05, 4.69) is 16.9 Å². The van der Waals surface area contributed by atoms with E-state index in [4.69, 9.17) is 0 Å². The number of hydrazine groups is 1. The molecule has 1 amide bonds. The van der Waals surface area contributed by atoms with Crippen molar-refractivity contribution in [3.8, 4) is 0 Å². The van der Waals surface area contributed by atoms with Gasteiger partial charge < -0.3 is 4.90 Å². The number of nitrogens with one attached hydrogen (secondary N) is 2. The van der Waals surface area contributed by atoms with Crippen LogP contribution in [0.5, 0.6) is 0 Å². The lowest BCUT2D eigenvalue weighted by Gasteiger charge is -2.37. The highest BCUT2D eigenvalue weighted by atomic mass is 19.2. The van der Waals surface area contributed by atoms with Crippen LogP contribution in [-0.4, -0.2) is 36.5 Å². The molecule has 0 saturated carbocycles. The Bertz CT molecular complexity index is 721. The number of hydrogen-bond donors (Lipinski definition) is 2. The maximum atomic E-state index is 13.7. The Balaban J connectivity index is 1.48. The van der Waals surface area contributed by atoms with Crippen molar-refractivity contribution in [1.29, 1.82) is 0 Å². The molecule has 0 radical (unpaired) electrons. The minimum absolute atomic E-state index is 0.0656. The summed E-state index contributed by atoms with van der Waals surface area (Å²) in [4.78, 5) is 14.7. The van der Waals surface area contributed by atoms with E-state index in [1.165, 1.54) is 12.1 Å². The lowest BCUT2D eigenvalue weighted by Crippen LogP contribution is -2.48. The second-order valence-corrected chi connectivity index (χ2v) is 7.61. The molecule has 2 fully saturated rings. The standard InChI is InChI=1S/C20H25F2N3O/c21-17-8-7-14(10-18(17)22)16-11-23-24-19(16)15-6-3-9-25(12-15)20(26)13-4-1-2-5-13/h4,7-8,10,15-16,19,23-24H,1-3,5-6,9,11-12H2. The van der Waals surface area contributed by atoms with Gasteiger partial charge in [-0.2, -0.15) is 0 Å². The molecule has 3 atom stereocenters. The van der Waals surface area contributed by atoms with Crippen molar-refractivity contribution in [3.63, 3.8) is 0 Å². The summed E-state index contributed by atoms with van der Waals surface area (Å²) in [7, 11) is 0. The lowest BCUT2D eigenvalue weighted by molar-refractivity contribution is -0.129. The quantitative estimate of drug-likeness (QED) is 0.870. The monoisotopic (exact) mass is 361 g/mol. The third kappa shape index (κ3) is 3.40. The predicted molar refractivity (Wildman–Crippen MR) is 95.3 cm³/mol. The number of hydrogen-bond acceptors (Lipinski definition) is 3. The topological polar surface area (TPSA) is 44.4 Å². The van der Waals surface area contributed by atoms with Crippen LogP contribution in [0.15, 0.2) is 29.8 Å². The van der Waals surface area contributed by atoms with Crippen LogP contribution in [-0.2, 0) is 4.79 Å². The summed E-state index contributed by atoms with van der Waals surface area (Å²) in [5.41, 5.74) is 8.25. The van der Waals surface area contributed by atoms with Crippen molar-refractivity contribution < 1.29 is 13.6 Å². The summed E-state index contributed by atoms with van der Waals surface area (Å²) in [6.45, 7) is 2.20. The number of amides is 1. The van der Waals surface area contributed by atoms with Crippen LogP contribution in [0.2, 0.25) is 0 Å². The Morgan fingerprint density at radius 1 is 1.19 bits per heavy atom. The maximum absolute atomic E-state index is 13.7. The van der Waals surface area contributed by atoms with Gasteiger partial charge in [-0.05, 0) is 55.7 Å². The van der Waals surface area contributed by atoms with Crippen LogP contribution in [0.4, 0.5) is 8.78 Å². The van der Waals surface area contributed by atoms with Crippen molar-refractivity contribution in [2.24, 2.45) is 5.92 Å². The molecule has 2 N–H and O–H groups in total. The van der Waals surface area contributed by atoms with Gasteiger partial charge in [-0.3, -0.25) is 15.6 Å². The average molecular weight is 361 g/mol. The van der Waals surface area contributed by atoms with E-state index in [0.717, 1.165) is 56.3 Å². The van der Waals surface area contributed by atoms with E-state index < -0.39 is 11.6 Å². The first-order valence-electron chi connectivity index (χ1n) is 9.55. The molecule has 2 saturated heterocycles. The van der Waals surface area contributed by atoms with E-state index in [0.29, 0.717) is 12.5 Å². The van der Waals surface area contributed by atoms with Crippen LogP contribution in [0.3, 0.4) is 0 Å². The van der Waals surface area contributed by atoms with Crippen molar-refractivity contribution >= 4 is 5.91 Å². The molecule has 1 aliphatic carbocycles. The van der Waals surface area contributed by atoms with Crippen LogP contribution in [0.25, 0.3) is 0 Å². The molecule has 0 spiro atoms. The Morgan fingerprint density at radius 2 is 2.08 bits per heavy atom. The summed E-state index contributed by atoms with van der Waals surface area (Å²) >= 11 is 0. The van der Waals surface area contributed by atoms with Crippen molar-refractivity contribution in [2.45, 2.75) is 44.1 Å². The third-order valence-electron chi connectivity index (χ3n) is 5.96. The molecular formula is C20H25F2N3O. The summed E-state index contributed by atoms with van der Waals surface area (Å²) in [5, 5.41) is 0. The summed E-state index contributed by atoms with van der Waals surface area (Å²) < 4.78 is 26.9. The molecule has 6 heteroatoms. The number of benzene rings is 1. The predicted octanol–water partition coefficient (Wildman–Crippen LogP) is 2.87. The number of rotatable bonds is 3. The highest BCUT2D eigenvalue weighted by Gasteiger charge is 2.38. The highest BCUT2D eigenvalue weighted by Crippen LogP contribution is 2.33. The van der Waals surface area contributed by atoms with Gasteiger partial charge in [0.25, 0.3) is 0 Å². The van der Waals surface area contributed by atoms with Gasteiger partial charge in [0.05, 0.1) is 0 Å². The first-order valence-corrected chi connectivity index (χ1v) is 9.55. The van der Waals surface area contributed by atoms with Crippen LogP contribution in [0.1, 0.15) is 43.6 Å². The number of halogens is 2. The molecule has 4 nitrogen and oxygen atoms in total. The molecule has 3 unspecified atom stereocenters. The number of likely N-dealkylation sites (tertiary alicyclic amines) is 1. The van der Waals surface area contributed by atoms with Gasteiger partial charge in [0.15, 0.2) is 11.6 Å². The lowest BCUT2D eigenvalue weighted by atomic mass is 9.81. The third-order valence-corrected chi connectivity index (χ3v) is 5.96. The number of allylic oxidation sites excluding steroid dienone is 1. The van der Waals surface area contributed by atoms with Gasteiger partial charge in [0, 0.05) is 37.2 Å². The Hall–Kier alpha value is -1.79. The van der Waals surface area contributed by atoms with E-state index >= 15 is 0 Å². The van der Waals surface area contributed by atoms with E-state index in [1.54, 1.807) is 6.07 Å². The second kappa shape index (κ2) is 7.45. The first-order chi connectivity index (χ1) is 12.6. The molecule has 140 valence electrons. The van der Waals surface area contributed by atoms with Crippen molar-refractivity contribution in [2.75, 3.05) is 19.6 Å². The number of nitrogens with zero attached hydrogens (tertiary/aromatic N) is 1. The van der Waals surface area contributed by atoms with Gasteiger partial charge in [-0.1, -0.05) is 12.1 Å². The Kier molecular flexibility index (Phi) is 5.05. The van der Waals surface area contributed by atoms with Crippen molar-refractivity contribution in [3.05, 3.63) is 47.0 Å². The zero-order valence-corrected chi connectivity index (χ0v) is 14.8. The minimum atomic E-state index is -0.816. The smallest absolute Gasteiger partial charge is 0.249 e. The molecule has 26 heavy (non-hydrogen) atoms. The zero-order valence-electron chi connectivity index (χ0n) is 14.8. The molecule has 1 aromatic carbocycles. The zero-order chi connectivity index (χ0) is 18.1. The van der Waals surface area contributed by atoms with Crippen LogP contribution >= 0.6 is 0 Å². The molecule has 4 rings (SSSR count). The molecule has 3 aliphatic rings. The highest BCUT2D eigenvalue weighted by molar-refractivity contribution is 5.93. The van der Waals surface area contributed by atoms with Gasteiger partial charge >= 0.3 is 0 Å². The van der Waals surface area contributed by atoms with Gasteiger partial charge in [-0.25, -0.2) is 8.78 Å². The van der Waals surface area contributed by atoms with E-state index in [1.807, 2.05) is 4.90 Å². The average Bonchev–Trinajstić information content (AvgIpc) is 3.35. The normalized spacial score (nSPS) is 29.1. The van der Waals surface area contributed by atoms with Crippen molar-refractivity contribution in [1.82, 2.24) is 15.8 Å². The summed E-state index contributed by atoms with van der Waals surface area (Å²) in [5.74, 6) is -1.08. The first kappa shape index (κ1) is 17.6. The van der Waals surface area contributed by atoms with Gasteiger partial charge in [-0.15, -0.1) is 0 Å². The van der Waals surface area contributed by atoms with Crippen LogP contribution < -0.4 is 10.9 Å². The summed E-state index contributed by atoms with van der Waals surface area (Å²) in [6, 6.07) is 4.27. The number of piperidine rings is 1. The van der Waals surface area contributed by atoms with Gasteiger partial charge in [0.2, 0.25) is 5.91 Å². The van der Waals surface area contributed by atoms with E-state index in [-0.39, 0.29) is 17.9 Å². The van der Waals surface area contributed by atoms with Gasteiger partial charge in [0.1, 0.15) is 0 Å². The molecule has 2 aliphatic heterocycles. The van der Waals surface area contributed by atoms with E-state index in [9.17, 15) is 13.6 Å². The molecule has 0 aromatic heterocycles. The Morgan fingerprint density at radius 3 is 2.85 bits per heavy atom. The number of carbonyl (C=O) groups excluding carboxylic acids is 1. The minimum Gasteiger partial charge on any atom is -0.339 e. The molecular weight excluding hydrogens is 336 g/mol. The molecule has 2 heterocycles. The fourth-order valence-electron chi connectivity index (χ4n) is 4.58. The molecule has 1 aromatic rings. The maximum Gasteiger partial charge on any atom is 0.249 e. The second-order valence-electron chi connectivity index (χ2n) is 7.61. The fraction of sp³-hybridized carbons (Fsp3) is 0.550. The molecule has 0 bridgehead atoms. The Labute approximate surface area is 152 Å². The fourth-order valence-corrected chi connectivity index (χ4v) is 4.58. The largest absolute Gasteiger partial charge is 0.339 e. The van der Waals surface area contributed by atoms with Crippen LogP contribution in [0, 0.1) is 17.6 Å². The number of carbonyl (C=O) groups is 1. The summed E-state index contributed by atoms with van der Waals surface area (Å²) in [6.07, 6.45) is 7.05.